The minimum atomic E-state index is -4.52. The van der Waals surface area contributed by atoms with Gasteiger partial charge in [-0.05, 0) is 59.0 Å². The van der Waals surface area contributed by atoms with Gasteiger partial charge in [0.2, 0.25) is 0 Å². The molecule has 0 unspecified atom stereocenters. The van der Waals surface area contributed by atoms with Gasteiger partial charge >= 0.3 is 18.2 Å². The van der Waals surface area contributed by atoms with Crippen molar-refractivity contribution in [3.05, 3.63) is 83.4 Å². The number of halogens is 3. The number of nitrogens with zero attached hydrogens (tertiary/aromatic N) is 1. The number of aliphatic carboxylic acids is 1. The number of hydrogen-bond donors (Lipinski definition) is 3. The largest absolute Gasteiger partial charge is 0.480 e. The van der Waals surface area contributed by atoms with Crippen molar-refractivity contribution in [2.75, 3.05) is 10.6 Å². The number of carboxylic acid groups (broad SMARTS) is 1. The molecule has 0 aliphatic carbocycles. The lowest BCUT2D eigenvalue weighted by Crippen LogP contribution is -2.44. The zero-order valence-electron chi connectivity index (χ0n) is 20.0. The van der Waals surface area contributed by atoms with E-state index in [4.69, 9.17) is 0 Å². The van der Waals surface area contributed by atoms with Gasteiger partial charge in [0, 0.05) is 23.5 Å². The summed E-state index contributed by atoms with van der Waals surface area (Å²) in [6.07, 6.45) is -4.52. The van der Waals surface area contributed by atoms with E-state index in [9.17, 15) is 32.7 Å². The third-order valence-electron chi connectivity index (χ3n) is 6.09. The van der Waals surface area contributed by atoms with Crippen molar-refractivity contribution in [2.45, 2.75) is 32.6 Å². The number of carboxylic acids is 1. The summed E-state index contributed by atoms with van der Waals surface area (Å²) >= 11 is 0. The molecule has 0 aromatic heterocycles. The Morgan fingerprint density at radius 3 is 2.19 bits per heavy atom. The van der Waals surface area contributed by atoms with Crippen LogP contribution in [0.4, 0.5) is 29.3 Å². The summed E-state index contributed by atoms with van der Waals surface area (Å²) < 4.78 is 38.6. The van der Waals surface area contributed by atoms with Crippen molar-refractivity contribution in [1.29, 1.82) is 0 Å². The van der Waals surface area contributed by atoms with Gasteiger partial charge in [0.25, 0.3) is 5.91 Å². The Bertz CT molecular complexity index is 1350. The lowest BCUT2D eigenvalue weighted by Gasteiger charge is -2.27. The monoisotopic (exact) mass is 511 g/mol. The standard InChI is InChI=1S/C27H24F3N3O4/c1-15(2)23(25(35)36)33-14-18-7-6-17(12-22(18)24(33)34)16-8-10-20(11-9-16)31-26(37)32-21-5-3-4-19(13-21)27(28,29)30/h3-13,15,23H,14H2,1-2H3,(H,35,36)(H2,31,32,37)/t23-/m1/s1. The molecule has 3 amide bonds. The first-order valence-electron chi connectivity index (χ1n) is 11.5. The predicted molar refractivity (Wildman–Crippen MR) is 132 cm³/mol. The number of amides is 3. The molecule has 7 nitrogen and oxygen atoms in total. The van der Waals surface area contributed by atoms with Crippen LogP contribution in [0.1, 0.15) is 35.3 Å². The lowest BCUT2D eigenvalue weighted by molar-refractivity contribution is -0.144. The molecule has 1 heterocycles. The molecule has 3 aromatic carbocycles. The van der Waals surface area contributed by atoms with Gasteiger partial charge in [-0.25, -0.2) is 9.59 Å². The van der Waals surface area contributed by atoms with Gasteiger partial charge in [-0.3, -0.25) is 4.79 Å². The number of carbonyl (C=O) groups excluding carboxylic acids is 2. The fourth-order valence-corrected chi connectivity index (χ4v) is 4.32. The summed E-state index contributed by atoms with van der Waals surface area (Å²) in [7, 11) is 0. The van der Waals surface area contributed by atoms with Gasteiger partial charge in [0.1, 0.15) is 6.04 Å². The summed E-state index contributed by atoms with van der Waals surface area (Å²) in [5.74, 6) is -1.62. The van der Waals surface area contributed by atoms with E-state index >= 15 is 0 Å². The molecule has 3 N–H and O–H groups in total. The van der Waals surface area contributed by atoms with E-state index in [0.29, 0.717) is 11.3 Å². The van der Waals surface area contributed by atoms with E-state index < -0.39 is 29.8 Å². The van der Waals surface area contributed by atoms with Crippen LogP contribution in [0.15, 0.2) is 66.7 Å². The van der Waals surface area contributed by atoms with Crippen molar-refractivity contribution in [3.8, 4) is 11.1 Å². The zero-order valence-corrected chi connectivity index (χ0v) is 20.0. The van der Waals surface area contributed by atoms with E-state index in [1.165, 1.54) is 17.0 Å². The van der Waals surface area contributed by atoms with Crippen LogP contribution in [0, 0.1) is 5.92 Å². The highest BCUT2D eigenvalue weighted by Crippen LogP contribution is 2.32. The van der Waals surface area contributed by atoms with E-state index in [2.05, 4.69) is 10.6 Å². The Kier molecular flexibility index (Phi) is 6.93. The number of hydrogen-bond acceptors (Lipinski definition) is 3. The molecule has 3 aromatic rings. The molecule has 192 valence electrons. The van der Waals surface area contributed by atoms with Crippen LogP contribution in [0.25, 0.3) is 11.1 Å². The Hall–Kier alpha value is -4.34. The second kappa shape index (κ2) is 9.96. The molecule has 4 rings (SSSR count). The highest BCUT2D eigenvalue weighted by Gasteiger charge is 2.38. The third kappa shape index (κ3) is 5.58. The summed E-state index contributed by atoms with van der Waals surface area (Å²) in [5.41, 5.74) is 2.26. The Balaban J connectivity index is 1.45. The first-order valence-corrected chi connectivity index (χ1v) is 11.5. The van der Waals surface area contributed by atoms with Gasteiger partial charge in [-0.2, -0.15) is 13.2 Å². The Labute approximate surface area is 210 Å². The smallest absolute Gasteiger partial charge is 0.416 e. The molecule has 1 aliphatic heterocycles. The topological polar surface area (TPSA) is 98.7 Å². The van der Waals surface area contributed by atoms with Crippen molar-refractivity contribution in [1.82, 2.24) is 4.90 Å². The number of fused-ring (bicyclic) bond motifs is 1. The van der Waals surface area contributed by atoms with Crippen LogP contribution < -0.4 is 10.6 Å². The highest BCUT2D eigenvalue weighted by atomic mass is 19.4. The number of rotatable bonds is 6. The van der Waals surface area contributed by atoms with Gasteiger partial charge in [0.05, 0.1) is 5.56 Å². The summed E-state index contributed by atoms with van der Waals surface area (Å²) in [4.78, 5) is 38.3. The van der Waals surface area contributed by atoms with Crippen LogP contribution in [-0.4, -0.2) is 34.0 Å². The Morgan fingerprint density at radius 1 is 0.919 bits per heavy atom. The number of carbonyl (C=O) groups is 3. The summed E-state index contributed by atoms with van der Waals surface area (Å²) in [6, 6.07) is 14.8. The molecule has 0 saturated heterocycles. The summed E-state index contributed by atoms with van der Waals surface area (Å²) in [6.45, 7) is 3.75. The predicted octanol–water partition coefficient (Wildman–Crippen LogP) is 6.08. The normalized spacial score (nSPS) is 13.9. The van der Waals surface area contributed by atoms with Crippen LogP contribution in [0.2, 0.25) is 0 Å². The van der Waals surface area contributed by atoms with Crippen molar-refractivity contribution < 1.29 is 32.7 Å². The number of anilines is 2. The first-order chi connectivity index (χ1) is 17.4. The molecule has 0 saturated carbocycles. The fourth-order valence-electron chi connectivity index (χ4n) is 4.32. The molecule has 0 bridgehead atoms. The second-order valence-corrected chi connectivity index (χ2v) is 9.07. The molecule has 0 radical (unpaired) electrons. The first kappa shape index (κ1) is 25.7. The molecule has 1 aliphatic rings. The number of urea groups is 1. The van der Waals surface area contributed by atoms with E-state index in [-0.39, 0.29) is 24.1 Å². The molecular formula is C27H24F3N3O4. The average molecular weight is 512 g/mol. The van der Waals surface area contributed by atoms with E-state index in [1.54, 1.807) is 50.2 Å². The maximum Gasteiger partial charge on any atom is 0.416 e. The maximum absolute atomic E-state index is 13.0. The fraction of sp³-hybridized carbons (Fsp3) is 0.222. The van der Waals surface area contributed by atoms with Gasteiger partial charge in [-0.15, -0.1) is 0 Å². The maximum atomic E-state index is 13.0. The highest BCUT2D eigenvalue weighted by molar-refractivity contribution is 6.02. The van der Waals surface area contributed by atoms with Crippen LogP contribution in [0.5, 0.6) is 0 Å². The number of benzene rings is 3. The minimum Gasteiger partial charge on any atom is -0.480 e. The van der Waals surface area contributed by atoms with Crippen LogP contribution >= 0.6 is 0 Å². The van der Waals surface area contributed by atoms with Gasteiger partial charge in [0.15, 0.2) is 0 Å². The SMILES string of the molecule is CC(C)[C@H](C(=O)O)N1Cc2ccc(-c3ccc(NC(=O)Nc4cccc(C(F)(F)F)c4)cc3)cc2C1=O. The third-order valence-corrected chi connectivity index (χ3v) is 6.09. The Morgan fingerprint density at radius 2 is 1.57 bits per heavy atom. The molecule has 0 fully saturated rings. The quantitative estimate of drug-likeness (QED) is 0.374. The van der Waals surface area contributed by atoms with Crippen molar-refractivity contribution in [2.24, 2.45) is 5.92 Å². The molecule has 1 atom stereocenters. The van der Waals surface area contributed by atoms with E-state index in [1.807, 2.05) is 6.07 Å². The van der Waals surface area contributed by atoms with Gasteiger partial charge in [-0.1, -0.05) is 44.2 Å². The van der Waals surface area contributed by atoms with Gasteiger partial charge < -0.3 is 20.6 Å². The number of alkyl halides is 3. The molecular weight excluding hydrogens is 487 g/mol. The second-order valence-electron chi connectivity index (χ2n) is 9.07. The zero-order chi connectivity index (χ0) is 26.9. The number of nitrogens with one attached hydrogen (secondary N) is 2. The summed E-state index contributed by atoms with van der Waals surface area (Å²) in [5, 5.41) is 14.5. The van der Waals surface area contributed by atoms with E-state index in [0.717, 1.165) is 28.8 Å². The van der Waals surface area contributed by atoms with Crippen LogP contribution in [-0.2, 0) is 17.5 Å². The minimum absolute atomic E-state index is 0.00315. The lowest BCUT2D eigenvalue weighted by atomic mass is 10.00. The molecule has 10 heteroatoms. The average Bonchev–Trinajstić information content (AvgIpc) is 3.14. The molecule has 0 spiro atoms. The molecule has 37 heavy (non-hydrogen) atoms. The van der Waals surface area contributed by atoms with Crippen LogP contribution in [0.3, 0.4) is 0 Å². The van der Waals surface area contributed by atoms with Crippen molar-refractivity contribution in [3.63, 3.8) is 0 Å². The van der Waals surface area contributed by atoms with Crippen molar-refractivity contribution >= 4 is 29.3 Å².